The minimum Gasteiger partial charge on any atom is -0.151 e. The molecule has 3 heteroatoms. The summed E-state index contributed by atoms with van der Waals surface area (Å²) in [6, 6.07) is 10.3. The Kier molecular flexibility index (Phi) is 7.21. The van der Waals surface area contributed by atoms with Crippen molar-refractivity contribution in [2.45, 2.75) is 19.3 Å². The van der Waals surface area contributed by atoms with Gasteiger partial charge in [-0.15, -0.1) is 12.4 Å². The minimum absolute atomic E-state index is 0. The van der Waals surface area contributed by atoms with E-state index >= 15 is 0 Å². The lowest BCUT2D eigenvalue weighted by Crippen LogP contribution is -1.86. The Hall–Kier alpha value is -0.890. The lowest BCUT2D eigenvalue weighted by Gasteiger charge is -1.97. The molecule has 0 amide bonds. The maximum absolute atomic E-state index is 9.77. The zero-order valence-corrected chi connectivity index (χ0v) is 8.30. The quantitative estimate of drug-likeness (QED) is 0.529. The fourth-order valence-electron chi connectivity index (χ4n) is 1.15. The third-order valence-electron chi connectivity index (χ3n) is 1.81. The van der Waals surface area contributed by atoms with Crippen molar-refractivity contribution in [3.63, 3.8) is 0 Å². The van der Waals surface area contributed by atoms with E-state index in [1.54, 1.807) is 0 Å². The van der Waals surface area contributed by atoms with Crippen LogP contribution in [0.3, 0.4) is 0 Å². The maximum atomic E-state index is 9.77. The first-order valence-electron chi connectivity index (χ1n) is 4.26. The Bertz CT molecular complexity index is 226. The number of benzene rings is 1. The van der Waals surface area contributed by atoms with Crippen LogP contribution in [0.4, 0.5) is 0 Å². The van der Waals surface area contributed by atoms with Gasteiger partial charge in [-0.3, -0.25) is 0 Å². The second-order valence-corrected chi connectivity index (χ2v) is 2.80. The summed E-state index contributed by atoms with van der Waals surface area (Å²) in [7, 11) is 0. The number of unbranched alkanes of at least 4 members (excludes halogenated alkanes) is 1. The van der Waals surface area contributed by atoms with Gasteiger partial charge < -0.3 is 0 Å². The molecule has 13 heavy (non-hydrogen) atoms. The molecule has 0 aliphatic heterocycles. The summed E-state index contributed by atoms with van der Waals surface area (Å²) in [5.41, 5.74) is 1.34. The first kappa shape index (κ1) is 12.1. The van der Waals surface area contributed by atoms with Gasteiger partial charge in [0.05, 0.1) is 6.54 Å². The van der Waals surface area contributed by atoms with Crippen molar-refractivity contribution in [2.75, 3.05) is 6.54 Å². The van der Waals surface area contributed by atoms with Gasteiger partial charge in [0, 0.05) is 0 Å². The highest BCUT2D eigenvalue weighted by atomic mass is 35.5. The molecule has 0 aliphatic rings. The second kappa shape index (κ2) is 7.74. The van der Waals surface area contributed by atoms with Crippen LogP contribution >= 0.6 is 12.4 Å². The SMILES string of the molecule is Cl.O=NCCCCc1ccccc1. The normalized spacial score (nSPS) is 8.92. The topological polar surface area (TPSA) is 29.4 Å². The van der Waals surface area contributed by atoms with Crippen LogP contribution < -0.4 is 0 Å². The Morgan fingerprint density at radius 2 is 1.77 bits per heavy atom. The van der Waals surface area contributed by atoms with Gasteiger partial charge in [-0.1, -0.05) is 35.5 Å². The zero-order chi connectivity index (χ0) is 8.65. The molecule has 0 fully saturated rings. The van der Waals surface area contributed by atoms with Gasteiger partial charge in [0.2, 0.25) is 0 Å². The zero-order valence-electron chi connectivity index (χ0n) is 7.48. The van der Waals surface area contributed by atoms with Crippen molar-refractivity contribution in [1.29, 1.82) is 0 Å². The first-order valence-corrected chi connectivity index (χ1v) is 4.26. The summed E-state index contributed by atoms with van der Waals surface area (Å²) in [6.07, 6.45) is 3.00. The highest BCUT2D eigenvalue weighted by Gasteiger charge is 1.91. The van der Waals surface area contributed by atoms with Crippen LogP contribution in [-0.4, -0.2) is 6.54 Å². The van der Waals surface area contributed by atoms with Crippen LogP contribution in [0, 0.1) is 4.91 Å². The van der Waals surface area contributed by atoms with Crippen LogP contribution in [0.25, 0.3) is 0 Å². The van der Waals surface area contributed by atoms with Crippen LogP contribution in [0.15, 0.2) is 35.5 Å². The summed E-state index contributed by atoms with van der Waals surface area (Å²) >= 11 is 0. The number of halogens is 1. The number of aryl methyl sites for hydroxylation is 1. The minimum atomic E-state index is 0. The Morgan fingerprint density at radius 1 is 1.08 bits per heavy atom. The van der Waals surface area contributed by atoms with E-state index in [9.17, 15) is 4.91 Å². The third kappa shape index (κ3) is 5.36. The van der Waals surface area contributed by atoms with Crippen molar-refractivity contribution < 1.29 is 0 Å². The van der Waals surface area contributed by atoms with Gasteiger partial charge >= 0.3 is 0 Å². The Balaban J connectivity index is 0.00000144. The third-order valence-corrected chi connectivity index (χ3v) is 1.81. The van der Waals surface area contributed by atoms with Crippen LogP contribution in [0.2, 0.25) is 0 Å². The smallest absolute Gasteiger partial charge is 0.0811 e. The number of nitroso groups, excluding NO2 is 1. The van der Waals surface area contributed by atoms with Crippen molar-refractivity contribution in [3.8, 4) is 0 Å². The molecule has 1 aromatic carbocycles. The molecule has 0 atom stereocenters. The van der Waals surface area contributed by atoms with Gasteiger partial charge in [-0.2, -0.15) is 4.91 Å². The lowest BCUT2D eigenvalue weighted by molar-refractivity contribution is 0.743. The van der Waals surface area contributed by atoms with Crippen LogP contribution in [0.1, 0.15) is 18.4 Å². The maximum Gasteiger partial charge on any atom is 0.0811 e. The summed E-state index contributed by atoms with van der Waals surface area (Å²) in [5, 5.41) is 2.82. The predicted octanol–water partition coefficient (Wildman–Crippen LogP) is 3.20. The van der Waals surface area contributed by atoms with E-state index in [2.05, 4.69) is 17.3 Å². The van der Waals surface area contributed by atoms with E-state index in [0.29, 0.717) is 6.54 Å². The largest absolute Gasteiger partial charge is 0.151 e. The van der Waals surface area contributed by atoms with E-state index in [1.165, 1.54) is 5.56 Å². The molecule has 0 aromatic heterocycles. The molecule has 0 saturated carbocycles. The van der Waals surface area contributed by atoms with Gasteiger partial charge in [-0.25, -0.2) is 0 Å². The van der Waals surface area contributed by atoms with E-state index in [1.807, 2.05) is 18.2 Å². The molecule has 1 rings (SSSR count). The predicted molar refractivity (Wildman–Crippen MR) is 57.3 cm³/mol. The molecule has 0 aliphatic carbocycles. The molecule has 0 saturated heterocycles. The Labute approximate surface area is 84.7 Å². The molecule has 0 N–H and O–H groups in total. The average molecular weight is 200 g/mol. The molecule has 0 heterocycles. The lowest BCUT2D eigenvalue weighted by atomic mass is 10.1. The van der Waals surface area contributed by atoms with Gasteiger partial charge in [-0.05, 0) is 24.8 Å². The fraction of sp³-hybridized carbons (Fsp3) is 0.400. The summed E-state index contributed by atoms with van der Waals surface area (Å²) in [5.74, 6) is 0. The molecule has 0 spiro atoms. The molecular weight excluding hydrogens is 186 g/mol. The molecule has 0 radical (unpaired) electrons. The van der Waals surface area contributed by atoms with E-state index in [4.69, 9.17) is 0 Å². The van der Waals surface area contributed by atoms with Crippen LogP contribution in [0.5, 0.6) is 0 Å². The number of rotatable bonds is 5. The number of nitrogens with zero attached hydrogens (tertiary/aromatic N) is 1. The number of hydrogen-bond donors (Lipinski definition) is 0. The molecule has 0 bridgehead atoms. The summed E-state index contributed by atoms with van der Waals surface area (Å²) in [4.78, 5) is 9.77. The van der Waals surface area contributed by atoms with Gasteiger partial charge in [0.25, 0.3) is 0 Å². The van der Waals surface area contributed by atoms with E-state index < -0.39 is 0 Å². The Morgan fingerprint density at radius 3 is 2.38 bits per heavy atom. The highest BCUT2D eigenvalue weighted by molar-refractivity contribution is 5.85. The fourth-order valence-corrected chi connectivity index (χ4v) is 1.15. The van der Waals surface area contributed by atoms with Crippen LogP contribution in [-0.2, 0) is 6.42 Å². The van der Waals surface area contributed by atoms with Crippen molar-refractivity contribution >= 4 is 12.4 Å². The number of hydrogen-bond acceptors (Lipinski definition) is 2. The monoisotopic (exact) mass is 199 g/mol. The average Bonchev–Trinajstić information content (AvgIpc) is 2.14. The van der Waals surface area contributed by atoms with Gasteiger partial charge in [0.1, 0.15) is 0 Å². The first-order chi connectivity index (χ1) is 5.93. The highest BCUT2D eigenvalue weighted by Crippen LogP contribution is 2.03. The standard InChI is InChI=1S/C10H13NO.ClH/c12-11-9-5-4-8-10-6-2-1-3-7-10;/h1-3,6-7H,4-5,8-9H2;1H. The van der Waals surface area contributed by atoms with E-state index in [0.717, 1.165) is 19.3 Å². The van der Waals surface area contributed by atoms with Gasteiger partial charge in [0.15, 0.2) is 0 Å². The van der Waals surface area contributed by atoms with Crippen molar-refractivity contribution in [1.82, 2.24) is 0 Å². The summed E-state index contributed by atoms with van der Waals surface area (Å²) in [6.45, 7) is 0.451. The molecule has 2 nitrogen and oxygen atoms in total. The van der Waals surface area contributed by atoms with Crippen molar-refractivity contribution in [3.05, 3.63) is 40.8 Å². The molecule has 1 aromatic rings. The molecular formula is C10H14ClNO. The summed E-state index contributed by atoms with van der Waals surface area (Å²) < 4.78 is 0. The second-order valence-electron chi connectivity index (χ2n) is 2.80. The van der Waals surface area contributed by atoms with E-state index in [-0.39, 0.29) is 12.4 Å². The molecule has 72 valence electrons. The molecule has 0 unspecified atom stereocenters. The van der Waals surface area contributed by atoms with Crippen molar-refractivity contribution in [2.24, 2.45) is 5.18 Å².